The lowest BCUT2D eigenvalue weighted by Gasteiger charge is -2.36. The lowest BCUT2D eigenvalue weighted by Crippen LogP contribution is -2.46. The molecule has 0 fully saturated rings. The third-order valence-electron chi connectivity index (χ3n) is 5.61. The SMILES string of the molecule is Cc1ccc(C(=C2C(=O)C=C(c3ccccc3)NC2(C)C)c2ccc(C)cc2)cc1. The molecule has 30 heavy (non-hydrogen) atoms. The number of allylic oxidation sites excluding steroid dienone is 1. The summed E-state index contributed by atoms with van der Waals surface area (Å²) in [6, 6.07) is 26.9. The number of hydrogen-bond acceptors (Lipinski definition) is 2. The highest BCUT2D eigenvalue weighted by Crippen LogP contribution is 2.37. The first-order valence-corrected chi connectivity index (χ1v) is 10.3. The van der Waals surface area contributed by atoms with Crippen molar-refractivity contribution in [2.24, 2.45) is 0 Å². The van der Waals surface area contributed by atoms with Crippen LogP contribution in [0.4, 0.5) is 0 Å². The predicted octanol–water partition coefficient (Wildman–Crippen LogP) is 6.10. The zero-order valence-electron chi connectivity index (χ0n) is 18.0. The normalized spacial score (nSPS) is 15.4. The molecular formula is C28H27NO. The van der Waals surface area contributed by atoms with Gasteiger partial charge >= 0.3 is 0 Å². The van der Waals surface area contributed by atoms with Crippen molar-refractivity contribution < 1.29 is 4.79 Å². The van der Waals surface area contributed by atoms with Crippen LogP contribution in [-0.4, -0.2) is 11.3 Å². The van der Waals surface area contributed by atoms with Crippen molar-refractivity contribution in [1.29, 1.82) is 0 Å². The highest BCUT2D eigenvalue weighted by Gasteiger charge is 2.36. The summed E-state index contributed by atoms with van der Waals surface area (Å²) in [5.74, 6) is 0.0498. The van der Waals surface area contributed by atoms with Gasteiger partial charge in [-0.3, -0.25) is 4.79 Å². The van der Waals surface area contributed by atoms with Gasteiger partial charge in [-0.05, 0) is 50.0 Å². The van der Waals surface area contributed by atoms with E-state index in [4.69, 9.17) is 0 Å². The molecule has 2 heteroatoms. The highest BCUT2D eigenvalue weighted by molar-refractivity contribution is 6.17. The van der Waals surface area contributed by atoms with Crippen molar-refractivity contribution >= 4 is 17.1 Å². The molecule has 1 aliphatic heterocycles. The minimum absolute atomic E-state index is 0.0498. The summed E-state index contributed by atoms with van der Waals surface area (Å²) in [6.45, 7) is 8.32. The Balaban J connectivity index is 1.94. The first kappa shape index (κ1) is 19.9. The number of carbonyl (C=O) groups is 1. The average molecular weight is 394 g/mol. The highest BCUT2D eigenvalue weighted by atomic mass is 16.1. The van der Waals surface area contributed by atoms with E-state index in [1.807, 2.05) is 30.3 Å². The first-order chi connectivity index (χ1) is 14.3. The fourth-order valence-electron chi connectivity index (χ4n) is 4.05. The van der Waals surface area contributed by atoms with E-state index < -0.39 is 5.54 Å². The fraction of sp³-hybridized carbons (Fsp3) is 0.179. The Kier molecular flexibility index (Phi) is 5.17. The molecule has 1 aliphatic rings. The van der Waals surface area contributed by atoms with E-state index in [1.165, 1.54) is 11.1 Å². The number of ketones is 1. The smallest absolute Gasteiger partial charge is 0.186 e. The van der Waals surface area contributed by atoms with Gasteiger partial charge in [0, 0.05) is 17.3 Å². The molecule has 0 atom stereocenters. The van der Waals surface area contributed by atoms with Crippen LogP contribution in [0.1, 0.15) is 41.7 Å². The van der Waals surface area contributed by atoms with Crippen LogP contribution < -0.4 is 5.32 Å². The summed E-state index contributed by atoms with van der Waals surface area (Å²) in [5.41, 5.74) is 7.64. The standard InChI is InChI=1S/C28H27NO/c1-19-10-14-22(15-11-19)26(23-16-12-20(2)13-17-23)27-25(30)18-24(29-28(27,3)4)21-8-6-5-7-9-21/h5-18,29H,1-4H3. The molecule has 0 aliphatic carbocycles. The lowest BCUT2D eigenvalue weighted by atomic mass is 9.78. The molecule has 3 aromatic rings. The maximum atomic E-state index is 13.5. The van der Waals surface area contributed by atoms with E-state index in [2.05, 4.69) is 81.5 Å². The summed E-state index contributed by atoms with van der Waals surface area (Å²) in [7, 11) is 0. The third-order valence-corrected chi connectivity index (χ3v) is 5.61. The van der Waals surface area contributed by atoms with Crippen LogP contribution in [0.25, 0.3) is 11.3 Å². The van der Waals surface area contributed by atoms with Gasteiger partial charge in [-0.1, -0.05) is 90.0 Å². The number of nitrogens with one attached hydrogen (secondary N) is 1. The zero-order chi connectivity index (χ0) is 21.3. The average Bonchev–Trinajstić information content (AvgIpc) is 2.73. The third kappa shape index (κ3) is 3.86. The summed E-state index contributed by atoms with van der Waals surface area (Å²) in [5, 5.41) is 3.61. The summed E-state index contributed by atoms with van der Waals surface area (Å²) in [4.78, 5) is 13.5. The lowest BCUT2D eigenvalue weighted by molar-refractivity contribution is -0.112. The maximum Gasteiger partial charge on any atom is 0.186 e. The molecular weight excluding hydrogens is 366 g/mol. The Morgan fingerprint density at radius 2 is 1.23 bits per heavy atom. The molecule has 1 N–H and O–H groups in total. The van der Waals surface area contributed by atoms with Crippen molar-refractivity contribution in [3.63, 3.8) is 0 Å². The zero-order valence-corrected chi connectivity index (χ0v) is 18.0. The summed E-state index contributed by atoms with van der Waals surface area (Å²) in [6.07, 6.45) is 1.73. The van der Waals surface area contributed by atoms with E-state index in [1.54, 1.807) is 6.08 Å². The van der Waals surface area contributed by atoms with Crippen LogP contribution in [0.3, 0.4) is 0 Å². The van der Waals surface area contributed by atoms with Crippen LogP contribution in [0.2, 0.25) is 0 Å². The molecule has 0 radical (unpaired) electrons. The van der Waals surface area contributed by atoms with Crippen LogP contribution in [0.15, 0.2) is 90.5 Å². The number of benzene rings is 3. The molecule has 0 amide bonds. The second-order valence-corrected chi connectivity index (χ2v) is 8.52. The summed E-state index contributed by atoms with van der Waals surface area (Å²) < 4.78 is 0. The van der Waals surface area contributed by atoms with Gasteiger partial charge in [-0.15, -0.1) is 0 Å². The monoisotopic (exact) mass is 393 g/mol. The molecule has 0 saturated carbocycles. The number of hydrogen-bond donors (Lipinski definition) is 1. The van der Waals surface area contributed by atoms with Gasteiger partial charge in [-0.25, -0.2) is 0 Å². The van der Waals surface area contributed by atoms with Crippen LogP contribution >= 0.6 is 0 Å². The van der Waals surface area contributed by atoms with Crippen molar-refractivity contribution in [2.75, 3.05) is 0 Å². The fourth-order valence-corrected chi connectivity index (χ4v) is 4.05. The largest absolute Gasteiger partial charge is 0.375 e. The molecule has 0 aromatic heterocycles. The molecule has 0 unspecified atom stereocenters. The molecule has 0 saturated heterocycles. The van der Waals surface area contributed by atoms with Gasteiger partial charge in [0.15, 0.2) is 5.78 Å². The molecule has 2 nitrogen and oxygen atoms in total. The molecule has 3 aromatic carbocycles. The van der Waals surface area contributed by atoms with E-state index in [0.29, 0.717) is 0 Å². The van der Waals surface area contributed by atoms with Crippen molar-refractivity contribution in [1.82, 2.24) is 5.32 Å². The number of aryl methyl sites for hydroxylation is 2. The molecule has 0 spiro atoms. The van der Waals surface area contributed by atoms with Gasteiger partial charge < -0.3 is 5.32 Å². The van der Waals surface area contributed by atoms with Crippen molar-refractivity contribution in [2.45, 2.75) is 33.2 Å². The Morgan fingerprint density at radius 1 is 0.733 bits per heavy atom. The minimum Gasteiger partial charge on any atom is -0.375 e. The van der Waals surface area contributed by atoms with E-state index >= 15 is 0 Å². The summed E-state index contributed by atoms with van der Waals surface area (Å²) >= 11 is 0. The van der Waals surface area contributed by atoms with Crippen LogP contribution in [-0.2, 0) is 4.79 Å². The van der Waals surface area contributed by atoms with E-state index in [9.17, 15) is 4.79 Å². The van der Waals surface area contributed by atoms with Gasteiger partial charge in [0.2, 0.25) is 0 Å². The molecule has 0 bridgehead atoms. The Labute approximate surface area is 179 Å². The van der Waals surface area contributed by atoms with Gasteiger partial charge in [0.25, 0.3) is 0 Å². The second kappa shape index (κ2) is 7.79. The van der Waals surface area contributed by atoms with E-state index in [-0.39, 0.29) is 5.78 Å². The number of rotatable bonds is 3. The van der Waals surface area contributed by atoms with E-state index in [0.717, 1.165) is 33.5 Å². The second-order valence-electron chi connectivity index (χ2n) is 8.52. The Morgan fingerprint density at radius 3 is 1.70 bits per heavy atom. The molecule has 150 valence electrons. The first-order valence-electron chi connectivity index (χ1n) is 10.3. The maximum absolute atomic E-state index is 13.5. The molecule has 1 heterocycles. The Bertz CT molecular complexity index is 1080. The van der Waals surface area contributed by atoms with Gasteiger partial charge in [0.1, 0.15) is 0 Å². The topological polar surface area (TPSA) is 29.1 Å². The Hall–Kier alpha value is -3.39. The van der Waals surface area contributed by atoms with Gasteiger partial charge in [0.05, 0.1) is 5.54 Å². The molecule has 4 rings (SSSR count). The quantitative estimate of drug-likeness (QED) is 0.545. The van der Waals surface area contributed by atoms with Crippen LogP contribution in [0, 0.1) is 13.8 Å². The number of carbonyl (C=O) groups excluding carboxylic acids is 1. The predicted molar refractivity (Wildman–Crippen MR) is 125 cm³/mol. The van der Waals surface area contributed by atoms with Crippen molar-refractivity contribution in [3.8, 4) is 0 Å². The minimum atomic E-state index is -0.526. The van der Waals surface area contributed by atoms with Crippen LogP contribution in [0.5, 0.6) is 0 Å². The van der Waals surface area contributed by atoms with Crippen molar-refractivity contribution in [3.05, 3.63) is 118 Å². The van der Waals surface area contributed by atoms with Gasteiger partial charge in [-0.2, -0.15) is 0 Å².